The van der Waals surface area contributed by atoms with Crippen LogP contribution < -0.4 is 0 Å². The quantitative estimate of drug-likeness (QED) is 0.351. The fraction of sp³-hybridized carbons (Fsp3) is 0.613. The van der Waals surface area contributed by atoms with Crippen LogP contribution in [0.25, 0.3) is 0 Å². The van der Waals surface area contributed by atoms with Crippen molar-refractivity contribution < 1.29 is 0 Å². The van der Waals surface area contributed by atoms with Gasteiger partial charge in [0.15, 0.2) is 0 Å². The molecule has 1 aromatic carbocycles. The van der Waals surface area contributed by atoms with Crippen LogP contribution in [0.15, 0.2) is 48.2 Å². The first-order valence-electron chi connectivity index (χ1n) is 13.2. The molecule has 0 N–H and O–H groups in total. The van der Waals surface area contributed by atoms with Crippen molar-refractivity contribution in [3.8, 4) is 0 Å². The maximum absolute atomic E-state index is 4.51. The number of rotatable bonds is 9. The van der Waals surface area contributed by atoms with Crippen LogP contribution in [0.5, 0.6) is 0 Å². The minimum absolute atomic E-state index is 0.215. The van der Waals surface area contributed by atoms with Crippen molar-refractivity contribution in [3.05, 3.63) is 70.5 Å². The average molecular weight is 434 g/mol. The maximum Gasteiger partial charge on any atom is 0.0583 e. The Hall–Kier alpha value is -1.76. The van der Waals surface area contributed by atoms with Crippen molar-refractivity contribution in [1.29, 1.82) is 0 Å². The zero-order chi connectivity index (χ0) is 23.5. The van der Waals surface area contributed by atoms with Gasteiger partial charge in [-0.2, -0.15) is 0 Å². The lowest BCUT2D eigenvalue weighted by Gasteiger charge is -2.51. The molecule has 32 heavy (non-hydrogen) atoms. The number of fused-ring (bicyclic) bond motifs is 3. The molecule has 2 aliphatic rings. The number of unbranched alkanes of at least 4 members (excludes halogenated alkanes) is 3. The smallest absolute Gasteiger partial charge is 0.0583 e. The summed E-state index contributed by atoms with van der Waals surface area (Å²) in [4.78, 5) is 2.69. The van der Waals surface area contributed by atoms with Crippen LogP contribution >= 0.6 is 0 Å². The third-order valence-electron chi connectivity index (χ3n) is 7.67. The summed E-state index contributed by atoms with van der Waals surface area (Å²) < 4.78 is 0. The van der Waals surface area contributed by atoms with E-state index < -0.39 is 0 Å². The van der Waals surface area contributed by atoms with Crippen LogP contribution in [0.4, 0.5) is 0 Å². The van der Waals surface area contributed by atoms with Gasteiger partial charge in [0.05, 0.1) is 6.04 Å². The highest BCUT2D eigenvalue weighted by Crippen LogP contribution is 2.48. The van der Waals surface area contributed by atoms with Gasteiger partial charge >= 0.3 is 0 Å². The summed E-state index contributed by atoms with van der Waals surface area (Å²) in [7, 11) is 0. The summed E-state index contributed by atoms with van der Waals surface area (Å²) in [5.41, 5.74) is 10.4. The Morgan fingerprint density at radius 3 is 2.38 bits per heavy atom. The van der Waals surface area contributed by atoms with Crippen molar-refractivity contribution >= 4 is 0 Å². The van der Waals surface area contributed by atoms with Crippen LogP contribution in [0, 0.1) is 5.41 Å². The number of aryl methyl sites for hydroxylation is 2. The number of benzene rings is 1. The zero-order valence-electron chi connectivity index (χ0n) is 21.8. The van der Waals surface area contributed by atoms with Crippen LogP contribution in [-0.4, -0.2) is 10.9 Å². The summed E-state index contributed by atoms with van der Waals surface area (Å²) >= 11 is 0. The summed E-state index contributed by atoms with van der Waals surface area (Å²) in [6, 6.07) is 6.06. The molecular formula is C31H47N. The van der Waals surface area contributed by atoms with E-state index in [1.54, 1.807) is 22.3 Å². The van der Waals surface area contributed by atoms with Crippen LogP contribution in [0.1, 0.15) is 115 Å². The third-order valence-corrected chi connectivity index (χ3v) is 7.67. The van der Waals surface area contributed by atoms with Crippen molar-refractivity contribution in [2.24, 2.45) is 5.41 Å². The lowest BCUT2D eigenvalue weighted by atomic mass is 9.72. The Morgan fingerprint density at radius 2 is 1.75 bits per heavy atom. The largest absolute Gasteiger partial charge is 0.366 e. The molecule has 0 saturated heterocycles. The standard InChI is InChI=1S/C31H47N/c1-9-12-13-14-16-25-18-26-20-30(31(6,7)8)32-21-28(22(4)15-10-2)23(5)17-29(32)27(26)19-24(25)11-3/h18-19,21,29-30H,4-5,9-17,20H2,1-3,6-8H3. The van der Waals surface area contributed by atoms with Gasteiger partial charge in [0.25, 0.3) is 0 Å². The van der Waals surface area contributed by atoms with E-state index in [0.29, 0.717) is 12.1 Å². The molecule has 0 bridgehead atoms. The van der Waals surface area contributed by atoms with E-state index >= 15 is 0 Å². The van der Waals surface area contributed by atoms with Crippen molar-refractivity contribution in [2.75, 3.05) is 0 Å². The number of nitrogens with zero attached hydrogens (tertiary/aromatic N) is 1. The lowest BCUT2D eigenvalue weighted by molar-refractivity contribution is 0.0867. The molecular weight excluding hydrogens is 386 g/mol. The van der Waals surface area contributed by atoms with E-state index in [1.165, 1.54) is 48.8 Å². The van der Waals surface area contributed by atoms with Gasteiger partial charge in [0.2, 0.25) is 0 Å². The molecule has 0 spiro atoms. The Bertz CT molecular complexity index is 863. The highest BCUT2D eigenvalue weighted by Gasteiger charge is 2.41. The SMILES string of the molecule is C=C(CCC)C1=CN2C(CC1=C)c1cc(CC)c(CCCCCC)cc1CC2C(C)(C)C. The van der Waals surface area contributed by atoms with Gasteiger partial charge in [-0.3, -0.25) is 0 Å². The molecule has 0 saturated carbocycles. The Balaban J connectivity index is 2.02. The van der Waals surface area contributed by atoms with Gasteiger partial charge in [-0.05, 0) is 82.9 Å². The van der Waals surface area contributed by atoms with Crippen LogP contribution in [-0.2, 0) is 19.3 Å². The fourth-order valence-electron chi connectivity index (χ4n) is 5.75. The second kappa shape index (κ2) is 10.4. The van der Waals surface area contributed by atoms with Gasteiger partial charge in [-0.25, -0.2) is 0 Å². The molecule has 0 fully saturated rings. The highest BCUT2D eigenvalue weighted by atomic mass is 15.2. The summed E-state index contributed by atoms with van der Waals surface area (Å²) in [5, 5.41) is 0. The van der Waals surface area contributed by atoms with Crippen LogP contribution in [0.3, 0.4) is 0 Å². The van der Waals surface area contributed by atoms with E-state index in [0.717, 1.165) is 32.1 Å². The highest BCUT2D eigenvalue weighted by molar-refractivity contribution is 5.50. The van der Waals surface area contributed by atoms with Gasteiger partial charge in [-0.1, -0.05) is 92.5 Å². The van der Waals surface area contributed by atoms with Gasteiger partial charge in [-0.15, -0.1) is 0 Å². The number of hydrogen-bond donors (Lipinski definition) is 0. The monoisotopic (exact) mass is 433 g/mol. The second-order valence-electron chi connectivity index (χ2n) is 11.2. The molecule has 1 aromatic rings. The molecule has 0 radical (unpaired) electrons. The first-order valence-corrected chi connectivity index (χ1v) is 13.2. The van der Waals surface area contributed by atoms with Crippen molar-refractivity contribution in [2.45, 2.75) is 118 Å². The second-order valence-corrected chi connectivity index (χ2v) is 11.2. The van der Waals surface area contributed by atoms with Crippen LogP contribution in [0.2, 0.25) is 0 Å². The third kappa shape index (κ3) is 5.24. The molecule has 2 atom stereocenters. The van der Waals surface area contributed by atoms with Gasteiger partial charge < -0.3 is 4.90 Å². The minimum atomic E-state index is 0.215. The van der Waals surface area contributed by atoms with E-state index in [1.807, 2.05) is 0 Å². The van der Waals surface area contributed by atoms with Crippen molar-refractivity contribution in [3.63, 3.8) is 0 Å². The fourth-order valence-corrected chi connectivity index (χ4v) is 5.75. The summed E-state index contributed by atoms with van der Waals surface area (Å²) in [5.74, 6) is 0. The first-order chi connectivity index (χ1) is 15.2. The molecule has 0 amide bonds. The Morgan fingerprint density at radius 1 is 1.00 bits per heavy atom. The molecule has 176 valence electrons. The molecule has 1 heteroatoms. The predicted octanol–water partition coefficient (Wildman–Crippen LogP) is 8.89. The molecule has 3 rings (SSSR count). The zero-order valence-corrected chi connectivity index (χ0v) is 21.8. The Kier molecular flexibility index (Phi) is 8.12. The molecule has 0 aromatic heterocycles. The van der Waals surface area contributed by atoms with E-state index in [4.69, 9.17) is 0 Å². The molecule has 1 nitrogen and oxygen atoms in total. The normalized spacial score (nSPS) is 20.6. The maximum atomic E-state index is 4.51. The molecule has 0 aliphatic carbocycles. The van der Waals surface area contributed by atoms with E-state index in [-0.39, 0.29) is 5.41 Å². The summed E-state index contributed by atoms with van der Waals surface area (Å²) in [6.07, 6.45) is 14.5. The first kappa shape index (κ1) is 24.9. The average Bonchev–Trinajstić information content (AvgIpc) is 2.74. The van der Waals surface area contributed by atoms with E-state index in [9.17, 15) is 0 Å². The topological polar surface area (TPSA) is 3.24 Å². The molecule has 2 aliphatic heterocycles. The van der Waals surface area contributed by atoms with Crippen molar-refractivity contribution in [1.82, 2.24) is 4.90 Å². The lowest BCUT2D eigenvalue weighted by Crippen LogP contribution is -2.49. The number of allylic oxidation sites excluding steroid dienone is 2. The Labute approximate surface area is 198 Å². The molecule has 2 unspecified atom stereocenters. The van der Waals surface area contributed by atoms with Gasteiger partial charge in [0, 0.05) is 12.2 Å². The predicted molar refractivity (Wildman–Crippen MR) is 141 cm³/mol. The van der Waals surface area contributed by atoms with Gasteiger partial charge in [0.1, 0.15) is 0 Å². The number of hydrogen-bond acceptors (Lipinski definition) is 1. The summed E-state index contributed by atoms with van der Waals surface area (Å²) in [6.45, 7) is 23.0. The van der Waals surface area contributed by atoms with E-state index in [2.05, 4.69) is 77.9 Å². The molecule has 2 heterocycles. The minimum Gasteiger partial charge on any atom is -0.366 e.